The maximum atomic E-state index is 13.5. The molecule has 2 heterocycles. The second-order valence-electron chi connectivity index (χ2n) is 7.59. The molecule has 1 aliphatic rings. The average molecular weight is 441 g/mol. The van der Waals surface area contributed by atoms with Crippen LogP contribution in [-0.4, -0.2) is 26.9 Å². The van der Waals surface area contributed by atoms with E-state index in [4.69, 9.17) is 11.6 Å². The number of fused-ring (bicyclic) bond motifs is 1. The first-order valence-corrected chi connectivity index (χ1v) is 10.4. The molecule has 0 radical (unpaired) electrons. The van der Waals surface area contributed by atoms with Crippen LogP contribution >= 0.6 is 11.6 Å². The number of hydrogen-bond acceptors (Lipinski definition) is 4. The number of carbonyl (C=O) groups is 1. The van der Waals surface area contributed by atoms with Crippen LogP contribution in [-0.2, 0) is 30.8 Å². The number of benzene rings is 2. The molecule has 1 aromatic heterocycles. The molecule has 0 saturated heterocycles. The Morgan fingerprint density at radius 2 is 2.00 bits per heavy atom. The summed E-state index contributed by atoms with van der Waals surface area (Å²) in [5.74, 6) is -0.515. The van der Waals surface area contributed by atoms with Crippen molar-refractivity contribution in [3.8, 4) is 0 Å². The lowest BCUT2D eigenvalue weighted by molar-refractivity contribution is -0.116. The van der Waals surface area contributed by atoms with Gasteiger partial charge >= 0.3 is 0 Å². The van der Waals surface area contributed by atoms with Crippen molar-refractivity contribution in [1.29, 1.82) is 0 Å². The van der Waals surface area contributed by atoms with Crippen LogP contribution in [0.3, 0.4) is 0 Å². The van der Waals surface area contributed by atoms with Crippen LogP contribution in [0.1, 0.15) is 22.6 Å². The fourth-order valence-corrected chi connectivity index (χ4v) is 3.94. The Morgan fingerprint density at radius 3 is 2.77 bits per heavy atom. The fourth-order valence-electron chi connectivity index (χ4n) is 3.78. The molecule has 31 heavy (non-hydrogen) atoms. The second kappa shape index (κ2) is 8.99. The first kappa shape index (κ1) is 21.2. The van der Waals surface area contributed by atoms with E-state index in [2.05, 4.69) is 27.3 Å². The van der Waals surface area contributed by atoms with Gasteiger partial charge in [-0.1, -0.05) is 41.9 Å². The van der Waals surface area contributed by atoms with E-state index in [-0.39, 0.29) is 22.8 Å². The molecular weight excluding hydrogens is 419 g/mol. The largest absolute Gasteiger partial charge is 0.323 e. The van der Waals surface area contributed by atoms with Gasteiger partial charge in [0.05, 0.1) is 22.0 Å². The third-order valence-corrected chi connectivity index (χ3v) is 5.67. The van der Waals surface area contributed by atoms with Crippen molar-refractivity contribution in [2.45, 2.75) is 33.0 Å². The maximum Gasteiger partial charge on any atom is 0.258 e. The monoisotopic (exact) mass is 440 g/mol. The lowest BCUT2D eigenvalue weighted by Crippen LogP contribution is -2.39. The van der Waals surface area contributed by atoms with Gasteiger partial charge in [0.25, 0.3) is 5.56 Å². The van der Waals surface area contributed by atoms with Crippen molar-refractivity contribution >= 4 is 23.2 Å². The molecule has 1 aliphatic heterocycles. The molecule has 4 rings (SSSR count). The van der Waals surface area contributed by atoms with Gasteiger partial charge in [-0.3, -0.25) is 19.1 Å². The van der Waals surface area contributed by atoms with Gasteiger partial charge in [0.1, 0.15) is 18.2 Å². The minimum atomic E-state index is -0.512. The molecule has 6 nitrogen and oxygen atoms in total. The number of aryl methyl sites for hydroxylation is 1. The molecule has 0 spiro atoms. The van der Waals surface area contributed by atoms with Gasteiger partial charge in [0.2, 0.25) is 5.91 Å². The predicted molar refractivity (Wildman–Crippen MR) is 118 cm³/mol. The molecule has 8 heteroatoms. The highest BCUT2D eigenvalue weighted by Gasteiger charge is 2.23. The third kappa shape index (κ3) is 4.84. The van der Waals surface area contributed by atoms with Crippen LogP contribution < -0.4 is 10.9 Å². The summed E-state index contributed by atoms with van der Waals surface area (Å²) in [7, 11) is 0. The summed E-state index contributed by atoms with van der Waals surface area (Å²) in [6.07, 6.45) is 0.685. The van der Waals surface area contributed by atoms with E-state index in [1.807, 2.05) is 18.2 Å². The van der Waals surface area contributed by atoms with Crippen LogP contribution in [0.2, 0.25) is 5.02 Å². The first-order chi connectivity index (χ1) is 14.9. The summed E-state index contributed by atoms with van der Waals surface area (Å²) in [5.41, 5.74) is 2.52. The van der Waals surface area contributed by atoms with Crippen molar-refractivity contribution < 1.29 is 9.18 Å². The number of rotatable bonds is 5. The summed E-state index contributed by atoms with van der Waals surface area (Å²) >= 11 is 6.02. The Kier molecular flexibility index (Phi) is 6.15. The SMILES string of the molecule is Cc1nc2c(c(=O)n1CC(=O)Nc1cc(F)ccc1Cl)CN(Cc1ccccc1)CC2. The topological polar surface area (TPSA) is 67.2 Å². The van der Waals surface area contributed by atoms with E-state index in [1.165, 1.54) is 22.3 Å². The van der Waals surface area contributed by atoms with Gasteiger partial charge in [-0.25, -0.2) is 9.37 Å². The lowest BCUT2D eigenvalue weighted by atomic mass is 10.1. The summed E-state index contributed by atoms with van der Waals surface area (Å²) in [6.45, 7) is 3.52. The van der Waals surface area contributed by atoms with Gasteiger partial charge in [-0.05, 0) is 30.7 Å². The molecular formula is C23H22ClFN4O2. The Bertz CT molecular complexity index is 1180. The summed E-state index contributed by atoms with van der Waals surface area (Å²) < 4.78 is 14.8. The highest BCUT2D eigenvalue weighted by Crippen LogP contribution is 2.22. The number of anilines is 1. The lowest BCUT2D eigenvalue weighted by Gasteiger charge is -2.28. The molecule has 1 N–H and O–H groups in total. The van der Waals surface area contributed by atoms with E-state index in [0.717, 1.165) is 24.8 Å². The van der Waals surface area contributed by atoms with Crippen molar-refractivity contribution in [3.05, 3.63) is 92.4 Å². The zero-order chi connectivity index (χ0) is 22.0. The first-order valence-electron chi connectivity index (χ1n) is 10.0. The van der Waals surface area contributed by atoms with Crippen molar-refractivity contribution in [2.24, 2.45) is 0 Å². The Labute approximate surface area is 184 Å². The predicted octanol–water partition coefficient (Wildman–Crippen LogP) is 3.54. The molecule has 160 valence electrons. The summed E-state index contributed by atoms with van der Waals surface area (Å²) in [6, 6.07) is 13.8. The zero-order valence-electron chi connectivity index (χ0n) is 17.1. The molecule has 0 aliphatic carbocycles. The van der Waals surface area contributed by atoms with E-state index < -0.39 is 11.7 Å². The maximum absolute atomic E-state index is 13.5. The van der Waals surface area contributed by atoms with Crippen LogP contribution in [0, 0.1) is 12.7 Å². The van der Waals surface area contributed by atoms with Crippen LogP contribution in [0.4, 0.5) is 10.1 Å². The van der Waals surface area contributed by atoms with Crippen LogP contribution in [0.15, 0.2) is 53.3 Å². The number of amides is 1. The highest BCUT2D eigenvalue weighted by molar-refractivity contribution is 6.33. The van der Waals surface area contributed by atoms with E-state index in [0.29, 0.717) is 24.4 Å². The zero-order valence-corrected chi connectivity index (χ0v) is 17.8. The number of aromatic nitrogens is 2. The minimum absolute atomic E-state index is 0.164. The summed E-state index contributed by atoms with van der Waals surface area (Å²) in [5, 5.41) is 2.79. The summed E-state index contributed by atoms with van der Waals surface area (Å²) in [4.78, 5) is 32.5. The molecule has 0 saturated carbocycles. The van der Waals surface area contributed by atoms with Gasteiger partial charge < -0.3 is 5.32 Å². The minimum Gasteiger partial charge on any atom is -0.323 e. The third-order valence-electron chi connectivity index (χ3n) is 5.34. The molecule has 1 amide bonds. The Morgan fingerprint density at radius 1 is 1.23 bits per heavy atom. The molecule has 0 fully saturated rings. The number of hydrogen-bond donors (Lipinski definition) is 1. The average Bonchev–Trinajstić information content (AvgIpc) is 2.75. The van der Waals surface area contributed by atoms with Gasteiger partial charge in [-0.2, -0.15) is 0 Å². The number of nitrogens with one attached hydrogen (secondary N) is 1. The smallest absolute Gasteiger partial charge is 0.258 e. The number of carbonyl (C=O) groups excluding carboxylic acids is 1. The van der Waals surface area contributed by atoms with Gasteiger partial charge in [-0.15, -0.1) is 0 Å². The van der Waals surface area contributed by atoms with Crippen molar-refractivity contribution in [2.75, 3.05) is 11.9 Å². The fraction of sp³-hybridized carbons (Fsp3) is 0.261. The Balaban J connectivity index is 1.53. The van der Waals surface area contributed by atoms with E-state index in [1.54, 1.807) is 6.92 Å². The van der Waals surface area contributed by atoms with E-state index in [9.17, 15) is 14.0 Å². The van der Waals surface area contributed by atoms with Crippen molar-refractivity contribution in [1.82, 2.24) is 14.5 Å². The molecule has 2 aromatic carbocycles. The standard InChI is InChI=1S/C23H22ClFN4O2/c1-15-26-20-9-10-28(12-16-5-3-2-4-6-16)13-18(20)23(31)29(15)14-22(30)27-21-11-17(25)7-8-19(21)24/h2-8,11H,9-10,12-14H2,1H3,(H,27,30). The van der Waals surface area contributed by atoms with Crippen molar-refractivity contribution in [3.63, 3.8) is 0 Å². The van der Waals surface area contributed by atoms with Gasteiger partial charge in [0.15, 0.2) is 0 Å². The van der Waals surface area contributed by atoms with Crippen LogP contribution in [0.5, 0.6) is 0 Å². The second-order valence-corrected chi connectivity index (χ2v) is 8.00. The molecule has 0 atom stereocenters. The number of halogens is 2. The molecule has 0 bridgehead atoms. The van der Waals surface area contributed by atoms with Gasteiger partial charge in [0, 0.05) is 26.1 Å². The van der Waals surface area contributed by atoms with E-state index >= 15 is 0 Å². The normalized spacial score (nSPS) is 13.6. The molecule has 3 aromatic rings. The quantitative estimate of drug-likeness (QED) is 0.659. The number of nitrogens with zero attached hydrogens (tertiary/aromatic N) is 3. The highest BCUT2D eigenvalue weighted by atomic mass is 35.5. The van der Waals surface area contributed by atoms with Crippen LogP contribution in [0.25, 0.3) is 0 Å². The Hall–Kier alpha value is -3.03. The molecule has 0 unspecified atom stereocenters.